The predicted molar refractivity (Wildman–Crippen MR) is 88.0 cm³/mol. The summed E-state index contributed by atoms with van der Waals surface area (Å²) in [6.07, 6.45) is 4.68. The second kappa shape index (κ2) is 5.21. The Bertz CT molecular complexity index is 565. The minimum Gasteiger partial charge on any atom is -0.403 e. The Hall–Kier alpha value is -1.13. The van der Waals surface area contributed by atoms with Gasteiger partial charge in [0, 0.05) is 5.41 Å². The van der Waals surface area contributed by atoms with Gasteiger partial charge in [0.15, 0.2) is 0 Å². The van der Waals surface area contributed by atoms with Crippen molar-refractivity contribution in [2.24, 2.45) is 0 Å². The van der Waals surface area contributed by atoms with Crippen LogP contribution in [0, 0.1) is 0 Å². The second-order valence-electron chi connectivity index (χ2n) is 7.67. The Balaban J connectivity index is 1.90. The van der Waals surface area contributed by atoms with Crippen LogP contribution in [0.4, 0.5) is 0 Å². The van der Waals surface area contributed by atoms with E-state index in [1.807, 2.05) is 6.07 Å². The molecule has 1 heterocycles. The zero-order valence-corrected chi connectivity index (χ0v) is 14.0. The molecule has 1 atom stereocenters. The normalized spacial score (nSPS) is 29.2. The first kappa shape index (κ1) is 15.8. The smallest absolute Gasteiger partial charge is 0.403 e. The molecule has 1 aliphatic carbocycles. The summed E-state index contributed by atoms with van der Waals surface area (Å²) in [4.78, 5) is 12.0. The molecule has 22 heavy (non-hydrogen) atoms. The molecule has 118 valence electrons. The van der Waals surface area contributed by atoms with E-state index in [9.17, 15) is 4.79 Å². The summed E-state index contributed by atoms with van der Waals surface area (Å²) >= 11 is 0. The third-order valence-electron chi connectivity index (χ3n) is 5.68. The number of carbonyl (C=O) groups is 1. The van der Waals surface area contributed by atoms with Gasteiger partial charge >= 0.3 is 7.12 Å². The van der Waals surface area contributed by atoms with Gasteiger partial charge < -0.3 is 14.1 Å². The van der Waals surface area contributed by atoms with Gasteiger partial charge in [-0.2, -0.15) is 0 Å². The van der Waals surface area contributed by atoms with Gasteiger partial charge in [-0.15, -0.1) is 0 Å². The second-order valence-corrected chi connectivity index (χ2v) is 7.67. The van der Waals surface area contributed by atoms with Crippen LogP contribution in [-0.4, -0.2) is 24.6 Å². The first-order valence-corrected chi connectivity index (χ1v) is 8.20. The van der Waals surface area contributed by atoms with Crippen LogP contribution in [0.25, 0.3) is 0 Å². The van der Waals surface area contributed by atoms with Crippen LogP contribution >= 0.6 is 0 Å². The van der Waals surface area contributed by atoms with Gasteiger partial charge in [0.25, 0.3) is 0 Å². The standard InChI is InChI=1S/C18H25BO3/c1-16(2)17(3,4)22-19(21-16)12-18(13-20)11-7-9-14-8-5-6-10-15(14)18/h5-6,8,10,13H,7,9,11-12H2,1-4H3. The molecule has 1 aliphatic heterocycles. The van der Waals surface area contributed by atoms with Crippen LogP contribution in [0.1, 0.15) is 51.7 Å². The van der Waals surface area contributed by atoms with Crippen molar-refractivity contribution >= 4 is 13.4 Å². The summed E-state index contributed by atoms with van der Waals surface area (Å²) in [5.74, 6) is 0. The summed E-state index contributed by atoms with van der Waals surface area (Å²) in [6, 6.07) is 8.30. The number of aldehydes is 1. The van der Waals surface area contributed by atoms with Crippen LogP contribution < -0.4 is 0 Å². The molecular formula is C18H25BO3. The van der Waals surface area contributed by atoms with Crippen LogP contribution in [0.2, 0.25) is 6.32 Å². The highest BCUT2D eigenvalue weighted by Gasteiger charge is 2.54. The maximum Gasteiger partial charge on any atom is 0.459 e. The fraction of sp³-hybridized carbons (Fsp3) is 0.611. The molecule has 4 heteroatoms. The van der Waals surface area contributed by atoms with Crippen LogP contribution in [0.3, 0.4) is 0 Å². The fourth-order valence-corrected chi connectivity index (χ4v) is 3.68. The van der Waals surface area contributed by atoms with Crippen molar-refractivity contribution in [3.05, 3.63) is 35.4 Å². The lowest BCUT2D eigenvalue weighted by Gasteiger charge is -2.35. The van der Waals surface area contributed by atoms with Crippen molar-refractivity contribution in [1.82, 2.24) is 0 Å². The van der Waals surface area contributed by atoms with Gasteiger partial charge in [0.1, 0.15) is 6.29 Å². The maximum absolute atomic E-state index is 12.0. The monoisotopic (exact) mass is 300 g/mol. The zero-order valence-electron chi connectivity index (χ0n) is 14.0. The van der Waals surface area contributed by atoms with E-state index < -0.39 is 5.41 Å². The summed E-state index contributed by atoms with van der Waals surface area (Å²) in [5.41, 5.74) is 1.27. The maximum atomic E-state index is 12.0. The van der Waals surface area contributed by atoms with Crippen molar-refractivity contribution in [3.63, 3.8) is 0 Å². The molecule has 0 bridgehead atoms. The fourth-order valence-electron chi connectivity index (χ4n) is 3.68. The quantitative estimate of drug-likeness (QED) is 0.632. The van der Waals surface area contributed by atoms with Gasteiger partial charge in [0.2, 0.25) is 0 Å². The molecule has 0 N–H and O–H groups in total. The molecule has 1 unspecified atom stereocenters. The molecule has 0 aromatic heterocycles. The Morgan fingerprint density at radius 2 is 1.77 bits per heavy atom. The minimum absolute atomic E-state index is 0.332. The van der Waals surface area contributed by atoms with Gasteiger partial charge in [-0.3, -0.25) is 0 Å². The first-order chi connectivity index (χ1) is 10.3. The van der Waals surface area contributed by atoms with E-state index in [-0.39, 0.29) is 18.3 Å². The number of hydrogen-bond acceptors (Lipinski definition) is 3. The highest BCUT2D eigenvalue weighted by molar-refractivity contribution is 6.46. The van der Waals surface area contributed by atoms with E-state index in [1.54, 1.807) is 0 Å². The number of carbonyl (C=O) groups excluding carboxylic acids is 1. The molecule has 0 amide bonds. The molecule has 0 saturated carbocycles. The lowest BCUT2D eigenvalue weighted by molar-refractivity contribution is -0.112. The molecule has 2 aliphatic rings. The lowest BCUT2D eigenvalue weighted by atomic mass is 9.60. The molecule has 1 aromatic carbocycles. The van der Waals surface area contributed by atoms with Gasteiger partial charge in [-0.1, -0.05) is 24.3 Å². The van der Waals surface area contributed by atoms with Crippen LogP contribution in [0.5, 0.6) is 0 Å². The Kier molecular flexibility index (Phi) is 3.73. The summed E-state index contributed by atoms with van der Waals surface area (Å²) < 4.78 is 12.3. The third-order valence-corrected chi connectivity index (χ3v) is 5.68. The SMILES string of the molecule is CC1(C)OB(CC2(C=O)CCCc3ccccc32)OC1(C)C. The summed E-state index contributed by atoms with van der Waals surface area (Å²) in [6.45, 7) is 8.20. The zero-order chi connectivity index (χ0) is 16.0. The molecule has 3 nitrogen and oxygen atoms in total. The Morgan fingerprint density at radius 3 is 2.41 bits per heavy atom. The number of aryl methyl sites for hydroxylation is 1. The molecule has 1 saturated heterocycles. The summed E-state index contributed by atoms with van der Waals surface area (Å²) in [7, 11) is -0.332. The van der Waals surface area contributed by atoms with Crippen molar-refractivity contribution in [3.8, 4) is 0 Å². The molecule has 3 rings (SSSR count). The lowest BCUT2D eigenvalue weighted by Crippen LogP contribution is -2.41. The van der Waals surface area contributed by atoms with E-state index in [4.69, 9.17) is 9.31 Å². The Labute approximate surface area is 133 Å². The predicted octanol–water partition coefficient (Wildman–Crippen LogP) is 3.55. The van der Waals surface area contributed by atoms with Crippen LogP contribution in [0.15, 0.2) is 24.3 Å². The largest absolute Gasteiger partial charge is 0.459 e. The number of rotatable bonds is 3. The third kappa shape index (κ3) is 2.42. The van der Waals surface area contributed by atoms with Crippen molar-refractivity contribution in [2.45, 2.75) is 69.9 Å². The highest BCUT2D eigenvalue weighted by atomic mass is 16.7. The topological polar surface area (TPSA) is 35.5 Å². The van der Waals surface area contributed by atoms with Gasteiger partial charge in [-0.05, 0) is 64.4 Å². The van der Waals surface area contributed by atoms with Gasteiger partial charge in [-0.25, -0.2) is 0 Å². The average Bonchev–Trinajstić information content (AvgIpc) is 2.66. The molecule has 0 spiro atoms. The van der Waals surface area contributed by atoms with E-state index in [0.717, 1.165) is 31.1 Å². The molecular weight excluding hydrogens is 275 g/mol. The minimum atomic E-state index is -0.476. The first-order valence-electron chi connectivity index (χ1n) is 8.20. The highest BCUT2D eigenvalue weighted by Crippen LogP contribution is 2.44. The molecule has 1 aromatic rings. The van der Waals surface area contributed by atoms with E-state index in [2.05, 4.69) is 45.9 Å². The number of hydrogen-bond donors (Lipinski definition) is 0. The van der Waals surface area contributed by atoms with Crippen molar-refractivity contribution in [2.75, 3.05) is 0 Å². The summed E-state index contributed by atoms with van der Waals surface area (Å²) in [5, 5.41) is 0. The Morgan fingerprint density at radius 1 is 1.14 bits per heavy atom. The van der Waals surface area contributed by atoms with Crippen molar-refractivity contribution in [1.29, 1.82) is 0 Å². The average molecular weight is 300 g/mol. The van der Waals surface area contributed by atoms with Gasteiger partial charge in [0.05, 0.1) is 11.2 Å². The van der Waals surface area contributed by atoms with E-state index in [1.165, 1.54) is 5.56 Å². The van der Waals surface area contributed by atoms with E-state index in [0.29, 0.717) is 6.32 Å². The number of fused-ring (bicyclic) bond motifs is 1. The molecule has 0 radical (unpaired) electrons. The number of benzene rings is 1. The van der Waals surface area contributed by atoms with E-state index >= 15 is 0 Å². The molecule has 1 fully saturated rings. The van der Waals surface area contributed by atoms with Crippen LogP contribution in [-0.2, 0) is 25.9 Å². The van der Waals surface area contributed by atoms with Crippen molar-refractivity contribution < 1.29 is 14.1 Å².